The molecule has 0 saturated carbocycles. The number of amides is 2. The van der Waals surface area contributed by atoms with Crippen molar-refractivity contribution < 1.29 is 14.3 Å². The number of halogens is 1. The van der Waals surface area contributed by atoms with Gasteiger partial charge in [0.1, 0.15) is 13.2 Å². The number of para-hydroxylation sites is 1. The Bertz CT molecular complexity index is 1150. The Labute approximate surface area is 223 Å². The predicted molar refractivity (Wildman–Crippen MR) is 144 cm³/mol. The molecule has 0 atom stereocenters. The van der Waals surface area contributed by atoms with Crippen LogP contribution in [0, 0.1) is 0 Å². The van der Waals surface area contributed by atoms with Gasteiger partial charge < -0.3 is 14.5 Å². The average Bonchev–Trinajstić information content (AvgIpc) is 3.40. The van der Waals surface area contributed by atoms with Crippen molar-refractivity contribution in [1.82, 2.24) is 19.6 Å². The van der Waals surface area contributed by atoms with Gasteiger partial charge in [0.05, 0.1) is 0 Å². The molecule has 0 fully saturated rings. The molecule has 4 rings (SSSR count). The van der Waals surface area contributed by atoms with Crippen molar-refractivity contribution in [2.75, 3.05) is 44.8 Å². The fourth-order valence-corrected chi connectivity index (χ4v) is 4.80. The summed E-state index contributed by atoms with van der Waals surface area (Å²) in [6, 6.07) is 17.6. The maximum atomic E-state index is 13.4. The first-order valence-electron chi connectivity index (χ1n) is 12.6. The van der Waals surface area contributed by atoms with Crippen LogP contribution in [0.3, 0.4) is 0 Å². The number of carbonyl (C=O) groups is 2. The van der Waals surface area contributed by atoms with E-state index in [0.717, 1.165) is 48.7 Å². The molecular weight excluding hydrogens is 490 g/mol. The number of hydrogen-bond acceptors (Lipinski definition) is 5. The van der Waals surface area contributed by atoms with Gasteiger partial charge in [-0.3, -0.25) is 19.2 Å². The third kappa shape index (κ3) is 7.64. The molecule has 0 bridgehead atoms. The molecule has 196 valence electrons. The van der Waals surface area contributed by atoms with Gasteiger partial charge in [-0.25, -0.2) is 0 Å². The summed E-state index contributed by atoms with van der Waals surface area (Å²) in [5, 5.41) is 4.92. The maximum absolute atomic E-state index is 13.4. The Hall–Kier alpha value is -3.20. The van der Waals surface area contributed by atoms with Gasteiger partial charge in [0, 0.05) is 69.5 Å². The number of carbonyl (C=O) groups excluding carboxylic acids is 2. The number of fused-ring (bicyclic) bond motifs is 1. The number of ether oxygens (including phenoxy) is 1. The van der Waals surface area contributed by atoms with Crippen LogP contribution < -0.4 is 4.90 Å². The van der Waals surface area contributed by atoms with Crippen LogP contribution in [0.1, 0.15) is 24.0 Å². The molecule has 1 aromatic heterocycles. The minimum absolute atomic E-state index is 0.00473. The molecule has 0 aliphatic carbocycles. The zero-order valence-electron chi connectivity index (χ0n) is 21.3. The maximum Gasteiger partial charge on any atom is 0.252 e. The van der Waals surface area contributed by atoms with E-state index in [1.807, 2.05) is 59.5 Å². The molecule has 0 unspecified atom stereocenters. The minimum Gasteiger partial charge on any atom is -0.375 e. The monoisotopic (exact) mass is 523 g/mol. The van der Waals surface area contributed by atoms with Crippen LogP contribution in [-0.2, 0) is 34.0 Å². The van der Waals surface area contributed by atoms with Crippen LogP contribution in [0.5, 0.6) is 0 Å². The van der Waals surface area contributed by atoms with Crippen molar-refractivity contribution in [2.45, 2.75) is 32.5 Å². The molecule has 37 heavy (non-hydrogen) atoms. The largest absolute Gasteiger partial charge is 0.375 e. The SMILES string of the molecule is COCC(=O)N1CCCN(Cc2ccc(Cl)cc2)CCCN(C(=O)Cn2cccn2)Cc2ccccc21. The summed E-state index contributed by atoms with van der Waals surface area (Å²) in [7, 11) is 1.53. The van der Waals surface area contributed by atoms with Crippen LogP contribution >= 0.6 is 11.6 Å². The number of hydrogen-bond donors (Lipinski definition) is 0. The van der Waals surface area contributed by atoms with Crippen LogP contribution in [0.15, 0.2) is 67.0 Å². The molecule has 2 amide bonds. The van der Waals surface area contributed by atoms with E-state index in [1.54, 1.807) is 22.0 Å². The molecule has 0 radical (unpaired) electrons. The second kappa shape index (κ2) is 13.4. The number of anilines is 1. The third-order valence-electron chi connectivity index (χ3n) is 6.50. The van der Waals surface area contributed by atoms with E-state index >= 15 is 0 Å². The summed E-state index contributed by atoms with van der Waals surface area (Å²) in [6.07, 6.45) is 5.13. The molecule has 3 aromatic rings. The number of nitrogens with zero attached hydrogens (tertiary/aromatic N) is 5. The first-order valence-corrected chi connectivity index (χ1v) is 13.0. The second-order valence-electron chi connectivity index (χ2n) is 9.24. The molecule has 0 spiro atoms. The van der Waals surface area contributed by atoms with E-state index in [0.29, 0.717) is 19.6 Å². The van der Waals surface area contributed by atoms with E-state index in [9.17, 15) is 9.59 Å². The lowest BCUT2D eigenvalue weighted by Crippen LogP contribution is -2.40. The summed E-state index contributed by atoms with van der Waals surface area (Å²) in [5.74, 6) is -0.0970. The third-order valence-corrected chi connectivity index (χ3v) is 6.75. The Kier molecular flexibility index (Phi) is 9.71. The lowest BCUT2D eigenvalue weighted by Gasteiger charge is -2.31. The Morgan fingerprint density at radius 3 is 2.43 bits per heavy atom. The second-order valence-corrected chi connectivity index (χ2v) is 9.67. The number of benzene rings is 2. The molecule has 0 N–H and O–H groups in total. The van der Waals surface area contributed by atoms with Crippen LogP contribution in [0.2, 0.25) is 5.02 Å². The fraction of sp³-hybridized carbons (Fsp3) is 0.393. The highest BCUT2D eigenvalue weighted by molar-refractivity contribution is 6.30. The van der Waals surface area contributed by atoms with E-state index in [-0.39, 0.29) is 25.0 Å². The van der Waals surface area contributed by atoms with Crippen molar-refractivity contribution in [3.8, 4) is 0 Å². The van der Waals surface area contributed by atoms with E-state index in [4.69, 9.17) is 16.3 Å². The molecule has 0 saturated heterocycles. The van der Waals surface area contributed by atoms with Gasteiger partial charge in [-0.2, -0.15) is 5.10 Å². The average molecular weight is 524 g/mol. The topological polar surface area (TPSA) is 70.9 Å². The summed E-state index contributed by atoms with van der Waals surface area (Å²) in [4.78, 5) is 32.5. The van der Waals surface area contributed by atoms with E-state index in [1.165, 1.54) is 12.7 Å². The number of methoxy groups -OCH3 is 1. The lowest BCUT2D eigenvalue weighted by atomic mass is 10.1. The van der Waals surface area contributed by atoms with E-state index in [2.05, 4.69) is 10.00 Å². The first kappa shape index (κ1) is 26.9. The Balaban J connectivity index is 1.60. The van der Waals surface area contributed by atoms with E-state index < -0.39 is 0 Å². The standard InChI is InChI=1S/C28H34ClN5O3/c1-37-22-28(36)34-18-6-15-31(19-23-9-11-25(29)12-10-23)14-5-16-32(20-24-7-2-3-8-26(24)34)27(35)21-33-17-4-13-30-33/h2-4,7-13,17H,5-6,14-16,18-22H2,1H3. The summed E-state index contributed by atoms with van der Waals surface area (Å²) in [6.45, 7) is 4.21. The van der Waals surface area contributed by atoms with Crippen LogP contribution in [0.25, 0.3) is 0 Å². The van der Waals surface area contributed by atoms with Crippen molar-refractivity contribution in [1.29, 1.82) is 0 Å². The smallest absolute Gasteiger partial charge is 0.252 e. The normalized spacial score (nSPS) is 15.5. The van der Waals surface area contributed by atoms with Gasteiger partial charge in [0.15, 0.2) is 0 Å². The molecule has 1 aliphatic rings. The molecule has 1 aliphatic heterocycles. The van der Waals surface area contributed by atoms with Gasteiger partial charge in [-0.15, -0.1) is 0 Å². The summed E-state index contributed by atoms with van der Waals surface area (Å²) < 4.78 is 6.83. The summed E-state index contributed by atoms with van der Waals surface area (Å²) in [5.41, 5.74) is 2.95. The van der Waals surface area contributed by atoms with Crippen molar-refractivity contribution in [2.24, 2.45) is 0 Å². The molecule has 2 aromatic carbocycles. The highest BCUT2D eigenvalue weighted by atomic mass is 35.5. The van der Waals surface area contributed by atoms with Crippen LogP contribution in [0.4, 0.5) is 5.69 Å². The van der Waals surface area contributed by atoms with Crippen LogP contribution in [-0.4, -0.2) is 71.3 Å². The van der Waals surface area contributed by atoms with Gasteiger partial charge >= 0.3 is 0 Å². The zero-order valence-corrected chi connectivity index (χ0v) is 22.0. The molecular formula is C28H34ClN5O3. The summed E-state index contributed by atoms with van der Waals surface area (Å²) >= 11 is 6.08. The minimum atomic E-state index is -0.0920. The van der Waals surface area contributed by atoms with Crippen molar-refractivity contribution in [3.63, 3.8) is 0 Å². The molecule has 9 heteroatoms. The Morgan fingerprint density at radius 1 is 0.946 bits per heavy atom. The quantitative estimate of drug-likeness (QED) is 0.491. The van der Waals surface area contributed by atoms with Gasteiger partial charge in [0.2, 0.25) is 5.91 Å². The first-order chi connectivity index (χ1) is 18.0. The fourth-order valence-electron chi connectivity index (χ4n) is 4.67. The van der Waals surface area contributed by atoms with Gasteiger partial charge in [-0.05, 0) is 48.2 Å². The number of aromatic nitrogens is 2. The highest BCUT2D eigenvalue weighted by Crippen LogP contribution is 2.24. The van der Waals surface area contributed by atoms with Crippen molar-refractivity contribution in [3.05, 3.63) is 83.1 Å². The molecule has 2 heterocycles. The predicted octanol–water partition coefficient (Wildman–Crippen LogP) is 3.84. The van der Waals surface area contributed by atoms with Gasteiger partial charge in [-0.1, -0.05) is 41.9 Å². The molecule has 8 nitrogen and oxygen atoms in total. The zero-order chi connectivity index (χ0) is 26.0. The van der Waals surface area contributed by atoms with Gasteiger partial charge in [0.25, 0.3) is 5.91 Å². The lowest BCUT2D eigenvalue weighted by molar-refractivity contribution is -0.132. The van der Waals surface area contributed by atoms with Crippen molar-refractivity contribution >= 4 is 29.1 Å². The Morgan fingerprint density at radius 2 is 1.70 bits per heavy atom. The highest BCUT2D eigenvalue weighted by Gasteiger charge is 2.23. The number of rotatable bonds is 6.